The van der Waals surface area contributed by atoms with E-state index in [1.807, 2.05) is 0 Å². The minimum absolute atomic E-state index is 0. The average Bonchev–Trinajstić information content (AvgIpc) is 2.95. The Balaban J connectivity index is 0.00000529. The first-order valence-corrected chi connectivity index (χ1v) is 8.87. The van der Waals surface area contributed by atoms with E-state index in [0.29, 0.717) is 30.5 Å². The van der Waals surface area contributed by atoms with Crippen LogP contribution in [-0.2, 0) is 12.6 Å². The summed E-state index contributed by atoms with van der Waals surface area (Å²) < 4.78 is 37.2. The quantitative estimate of drug-likeness (QED) is 0.224. The molecule has 0 aliphatic carbocycles. The number of thiazole rings is 1. The number of alkyl halides is 3. The zero-order valence-electron chi connectivity index (χ0n) is 13.9. The monoisotopic (exact) mass is 478 g/mol. The van der Waals surface area contributed by atoms with Crippen LogP contribution in [0, 0.1) is 0 Å². The van der Waals surface area contributed by atoms with Gasteiger partial charge in [0.2, 0.25) is 0 Å². The third kappa shape index (κ3) is 10.3. The van der Waals surface area contributed by atoms with Crippen LogP contribution in [0.4, 0.5) is 13.2 Å². The second-order valence-electron chi connectivity index (χ2n) is 5.34. The standard InChI is InChI=1S/C15H25F3N4S.HI/c1-2-3-4-5-6-7-9-20-14(19)21-10-8-13-22-12(11-23-13)15(16,17)18;/h11H,2-10H2,1H3,(H3,19,20,21);1H. The molecule has 0 radical (unpaired) electrons. The number of rotatable bonds is 10. The molecule has 1 rings (SSSR count). The van der Waals surface area contributed by atoms with E-state index in [1.165, 1.54) is 25.7 Å². The van der Waals surface area contributed by atoms with E-state index >= 15 is 0 Å². The highest BCUT2D eigenvalue weighted by Gasteiger charge is 2.33. The Morgan fingerprint density at radius 1 is 1.25 bits per heavy atom. The molecule has 0 aromatic carbocycles. The van der Waals surface area contributed by atoms with Crippen LogP contribution in [0.15, 0.2) is 10.4 Å². The lowest BCUT2D eigenvalue weighted by atomic mass is 10.1. The van der Waals surface area contributed by atoms with Crippen LogP contribution in [0.3, 0.4) is 0 Å². The summed E-state index contributed by atoms with van der Waals surface area (Å²) in [5.74, 6) is 0.339. The van der Waals surface area contributed by atoms with Crippen LogP contribution in [-0.4, -0.2) is 24.0 Å². The van der Waals surface area contributed by atoms with Crippen molar-refractivity contribution >= 4 is 41.3 Å². The fraction of sp³-hybridized carbons (Fsp3) is 0.733. The fourth-order valence-corrected chi connectivity index (χ4v) is 2.81. The summed E-state index contributed by atoms with van der Waals surface area (Å²) in [6.07, 6.45) is 3.18. The highest BCUT2D eigenvalue weighted by atomic mass is 127. The number of nitrogens with one attached hydrogen (secondary N) is 1. The minimum atomic E-state index is -4.38. The van der Waals surface area contributed by atoms with Gasteiger partial charge in [-0.1, -0.05) is 39.0 Å². The zero-order valence-corrected chi connectivity index (χ0v) is 17.0. The third-order valence-electron chi connectivity index (χ3n) is 3.28. The lowest BCUT2D eigenvalue weighted by Gasteiger charge is -2.04. The third-order valence-corrected chi connectivity index (χ3v) is 4.19. The second kappa shape index (κ2) is 12.7. The summed E-state index contributed by atoms with van der Waals surface area (Å²) in [7, 11) is 0. The molecule has 0 unspecified atom stereocenters. The molecule has 0 fully saturated rings. The smallest absolute Gasteiger partial charge is 0.370 e. The Hall–Kier alpha value is -0.580. The number of guanidine groups is 1. The molecule has 0 aliphatic heterocycles. The highest BCUT2D eigenvalue weighted by Crippen LogP contribution is 2.29. The van der Waals surface area contributed by atoms with E-state index < -0.39 is 11.9 Å². The van der Waals surface area contributed by atoms with Crippen LogP contribution < -0.4 is 11.1 Å². The number of unbranched alkanes of at least 4 members (excludes halogenated alkanes) is 5. The van der Waals surface area contributed by atoms with Crippen molar-refractivity contribution in [3.8, 4) is 0 Å². The first-order valence-electron chi connectivity index (χ1n) is 7.99. The van der Waals surface area contributed by atoms with Gasteiger partial charge in [-0.2, -0.15) is 13.2 Å². The number of hydrogen-bond acceptors (Lipinski definition) is 3. The van der Waals surface area contributed by atoms with Crippen molar-refractivity contribution in [3.63, 3.8) is 0 Å². The van der Waals surface area contributed by atoms with Gasteiger partial charge in [0.05, 0.1) is 5.01 Å². The molecule has 4 nitrogen and oxygen atoms in total. The van der Waals surface area contributed by atoms with Crippen molar-refractivity contribution in [3.05, 3.63) is 16.1 Å². The highest BCUT2D eigenvalue weighted by molar-refractivity contribution is 14.0. The summed E-state index contributed by atoms with van der Waals surface area (Å²) in [5.41, 5.74) is 4.89. The van der Waals surface area contributed by atoms with E-state index in [0.717, 1.165) is 29.6 Å². The molecule has 0 saturated carbocycles. The second-order valence-corrected chi connectivity index (χ2v) is 6.28. The maximum atomic E-state index is 12.4. The van der Waals surface area contributed by atoms with Gasteiger partial charge in [-0.15, -0.1) is 35.3 Å². The van der Waals surface area contributed by atoms with Crippen molar-refractivity contribution in [2.24, 2.45) is 10.7 Å². The molecule has 0 bridgehead atoms. The summed E-state index contributed by atoms with van der Waals surface area (Å²) in [6.45, 7) is 3.30. The maximum Gasteiger partial charge on any atom is 0.434 e. The number of aromatic nitrogens is 1. The van der Waals surface area contributed by atoms with Gasteiger partial charge >= 0.3 is 6.18 Å². The molecule has 0 saturated heterocycles. The number of nitrogens with zero attached hydrogens (tertiary/aromatic N) is 2. The molecule has 3 N–H and O–H groups in total. The molecule has 1 heterocycles. The molecule has 1 aromatic heterocycles. The molecule has 0 spiro atoms. The van der Waals surface area contributed by atoms with Gasteiger partial charge in [0.25, 0.3) is 0 Å². The van der Waals surface area contributed by atoms with Crippen molar-refractivity contribution in [2.75, 3.05) is 13.1 Å². The Kier molecular flexibility index (Phi) is 12.4. The van der Waals surface area contributed by atoms with Crippen LogP contribution >= 0.6 is 35.3 Å². The molecular formula is C15H26F3IN4S. The summed E-state index contributed by atoms with van der Waals surface area (Å²) in [5, 5.41) is 4.38. The Morgan fingerprint density at radius 3 is 2.54 bits per heavy atom. The van der Waals surface area contributed by atoms with E-state index in [2.05, 4.69) is 22.2 Å². The zero-order chi connectivity index (χ0) is 17.1. The van der Waals surface area contributed by atoms with E-state index in [9.17, 15) is 13.2 Å². The molecule has 1 aromatic rings. The van der Waals surface area contributed by atoms with Crippen molar-refractivity contribution in [2.45, 2.75) is 58.0 Å². The van der Waals surface area contributed by atoms with Crippen molar-refractivity contribution in [1.82, 2.24) is 10.3 Å². The van der Waals surface area contributed by atoms with E-state index in [4.69, 9.17) is 5.73 Å². The van der Waals surface area contributed by atoms with Gasteiger partial charge in [-0.3, -0.25) is 4.99 Å². The topological polar surface area (TPSA) is 63.3 Å². The number of halogens is 4. The van der Waals surface area contributed by atoms with Crippen molar-refractivity contribution in [1.29, 1.82) is 0 Å². The maximum absolute atomic E-state index is 12.4. The molecule has 9 heteroatoms. The summed E-state index contributed by atoms with van der Waals surface area (Å²) in [6, 6.07) is 0. The number of aliphatic imine (C=N–C) groups is 1. The summed E-state index contributed by atoms with van der Waals surface area (Å²) in [4.78, 5) is 7.77. The lowest BCUT2D eigenvalue weighted by Crippen LogP contribution is -2.33. The van der Waals surface area contributed by atoms with Crippen LogP contribution in [0.25, 0.3) is 0 Å². The molecule has 0 aliphatic rings. The normalized spacial score (nSPS) is 12.1. The molecule has 0 atom stereocenters. The summed E-state index contributed by atoms with van der Waals surface area (Å²) >= 11 is 1.01. The molecular weight excluding hydrogens is 452 g/mol. The van der Waals surface area contributed by atoms with Crippen LogP contribution in [0.2, 0.25) is 0 Å². The predicted molar refractivity (Wildman–Crippen MR) is 104 cm³/mol. The number of nitrogens with two attached hydrogens (primary N) is 1. The van der Waals surface area contributed by atoms with Gasteiger partial charge in [0.15, 0.2) is 11.7 Å². The van der Waals surface area contributed by atoms with Crippen molar-refractivity contribution < 1.29 is 13.2 Å². The van der Waals surface area contributed by atoms with Crippen LogP contribution in [0.5, 0.6) is 0 Å². The predicted octanol–water partition coefficient (Wildman–Crippen LogP) is 4.59. The van der Waals surface area contributed by atoms with Crippen LogP contribution in [0.1, 0.15) is 56.2 Å². The SMILES string of the molecule is CCCCCCCCN=C(N)NCCc1nc(C(F)(F)F)cs1.I. The largest absolute Gasteiger partial charge is 0.434 e. The van der Waals surface area contributed by atoms with Gasteiger partial charge in [0.1, 0.15) is 0 Å². The Morgan fingerprint density at radius 2 is 1.92 bits per heavy atom. The van der Waals surface area contributed by atoms with Gasteiger partial charge in [-0.05, 0) is 6.42 Å². The van der Waals surface area contributed by atoms with Gasteiger partial charge in [0, 0.05) is 24.9 Å². The minimum Gasteiger partial charge on any atom is -0.370 e. The molecule has 24 heavy (non-hydrogen) atoms. The Bertz CT molecular complexity index is 478. The first kappa shape index (κ1) is 23.4. The average molecular weight is 478 g/mol. The first-order chi connectivity index (χ1) is 10.9. The molecule has 0 amide bonds. The van der Waals surface area contributed by atoms with E-state index in [1.54, 1.807) is 0 Å². The fourth-order valence-electron chi connectivity index (χ4n) is 2.00. The van der Waals surface area contributed by atoms with Gasteiger partial charge < -0.3 is 11.1 Å². The lowest BCUT2D eigenvalue weighted by molar-refractivity contribution is -0.140. The molecule has 140 valence electrons. The number of hydrogen-bond donors (Lipinski definition) is 2. The Labute approximate surface area is 162 Å². The van der Waals surface area contributed by atoms with Gasteiger partial charge in [-0.25, -0.2) is 4.98 Å². The van der Waals surface area contributed by atoms with E-state index in [-0.39, 0.29) is 24.0 Å².